The van der Waals surface area contributed by atoms with Gasteiger partial charge in [0.1, 0.15) is 0 Å². The van der Waals surface area contributed by atoms with Gasteiger partial charge in [-0.3, -0.25) is 4.79 Å². The smallest absolute Gasteiger partial charge is 0.239 e. The number of carbonyl (C=O) groups is 1. The fraction of sp³-hybridized carbons (Fsp3) is 0.667. The molecule has 4 nitrogen and oxygen atoms in total. The summed E-state index contributed by atoms with van der Waals surface area (Å²) in [4.78, 5) is 19.0. The Hall–Kier alpha value is -0.360. The summed E-state index contributed by atoms with van der Waals surface area (Å²) in [5.74, 6) is 0.157. The molecule has 0 saturated carbocycles. The second-order valence-corrected chi connectivity index (χ2v) is 5.74. The van der Waals surface area contributed by atoms with Crippen molar-refractivity contribution in [3.8, 4) is 0 Å². The molecule has 0 fully saturated rings. The fourth-order valence-electron chi connectivity index (χ4n) is 1.44. The van der Waals surface area contributed by atoms with E-state index in [1.54, 1.807) is 23.3 Å². The highest BCUT2D eigenvalue weighted by Crippen LogP contribution is 2.15. The van der Waals surface area contributed by atoms with E-state index in [0.29, 0.717) is 6.54 Å². The third-order valence-electron chi connectivity index (χ3n) is 2.68. The SMILES string of the molecule is CCc1ncc(CN(C)C(=O)[C@@H](N)C(C)C)s1.Cl.Cl. The zero-order valence-corrected chi connectivity index (χ0v) is 14.2. The van der Waals surface area contributed by atoms with E-state index >= 15 is 0 Å². The lowest BCUT2D eigenvalue weighted by atomic mass is 10.0. The minimum atomic E-state index is -0.418. The quantitative estimate of drug-likeness (QED) is 0.903. The molecule has 1 atom stereocenters. The molecule has 0 aliphatic rings. The van der Waals surface area contributed by atoms with Gasteiger partial charge in [0.2, 0.25) is 5.91 Å². The number of carbonyl (C=O) groups excluding carboxylic acids is 1. The molecule has 0 radical (unpaired) electrons. The molecule has 2 N–H and O–H groups in total. The molecular formula is C12H23Cl2N3OS. The van der Waals surface area contributed by atoms with E-state index in [1.807, 2.05) is 20.0 Å². The average molecular weight is 328 g/mol. The van der Waals surface area contributed by atoms with Crippen molar-refractivity contribution in [3.63, 3.8) is 0 Å². The minimum Gasteiger partial charge on any atom is -0.339 e. The largest absolute Gasteiger partial charge is 0.339 e. The van der Waals surface area contributed by atoms with E-state index in [9.17, 15) is 4.79 Å². The Morgan fingerprint density at radius 3 is 2.47 bits per heavy atom. The summed E-state index contributed by atoms with van der Waals surface area (Å²) < 4.78 is 0. The maximum atomic E-state index is 12.0. The maximum absolute atomic E-state index is 12.0. The van der Waals surface area contributed by atoms with Crippen LogP contribution in [0.1, 0.15) is 30.7 Å². The molecule has 19 heavy (non-hydrogen) atoms. The van der Waals surface area contributed by atoms with Crippen LogP contribution in [0.15, 0.2) is 6.20 Å². The Kier molecular flexibility index (Phi) is 10.5. The molecule has 1 heterocycles. The van der Waals surface area contributed by atoms with Crippen molar-refractivity contribution < 1.29 is 4.79 Å². The van der Waals surface area contributed by atoms with Crippen LogP contribution >= 0.6 is 36.2 Å². The zero-order chi connectivity index (χ0) is 13.0. The second kappa shape index (κ2) is 9.53. The summed E-state index contributed by atoms with van der Waals surface area (Å²) in [6.07, 6.45) is 2.78. The number of nitrogens with two attached hydrogens (primary N) is 1. The Bertz CT molecular complexity index is 385. The molecule has 0 aromatic carbocycles. The van der Waals surface area contributed by atoms with Crippen LogP contribution in [0.2, 0.25) is 0 Å². The van der Waals surface area contributed by atoms with Crippen molar-refractivity contribution in [1.82, 2.24) is 9.88 Å². The second-order valence-electron chi connectivity index (χ2n) is 4.54. The van der Waals surface area contributed by atoms with Gasteiger partial charge in [-0.1, -0.05) is 20.8 Å². The van der Waals surface area contributed by atoms with Crippen LogP contribution in [0.4, 0.5) is 0 Å². The van der Waals surface area contributed by atoms with Crippen LogP contribution in [-0.4, -0.2) is 28.9 Å². The molecule has 0 spiro atoms. The first-order valence-corrected chi connectivity index (χ1v) is 6.71. The molecule has 0 bridgehead atoms. The lowest BCUT2D eigenvalue weighted by Crippen LogP contribution is -2.44. The molecule has 0 unspecified atom stereocenters. The van der Waals surface area contributed by atoms with Gasteiger partial charge in [0, 0.05) is 18.1 Å². The number of thiazole rings is 1. The topological polar surface area (TPSA) is 59.2 Å². The van der Waals surface area contributed by atoms with Crippen molar-refractivity contribution in [3.05, 3.63) is 16.1 Å². The molecule has 112 valence electrons. The van der Waals surface area contributed by atoms with Gasteiger partial charge < -0.3 is 10.6 Å². The van der Waals surface area contributed by atoms with Crippen molar-refractivity contribution in [2.45, 2.75) is 39.8 Å². The number of likely N-dealkylation sites (N-methyl/N-ethyl adjacent to an activating group) is 1. The van der Waals surface area contributed by atoms with Crippen LogP contribution in [0.5, 0.6) is 0 Å². The summed E-state index contributed by atoms with van der Waals surface area (Å²) in [7, 11) is 1.79. The summed E-state index contributed by atoms with van der Waals surface area (Å²) >= 11 is 1.65. The standard InChI is InChI=1S/C12H21N3OS.2ClH/c1-5-10-14-6-9(17-10)7-15(4)12(16)11(13)8(2)3;;/h6,8,11H,5,7,13H2,1-4H3;2*1H/t11-;;/m0../s1. The van der Waals surface area contributed by atoms with Gasteiger partial charge in [-0.2, -0.15) is 0 Å². The first-order chi connectivity index (χ1) is 7.95. The maximum Gasteiger partial charge on any atom is 0.239 e. The van der Waals surface area contributed by atoms with Crippen molar-refractivity contribution in [2.24, 2.45) is 11.7 Å². The number of hydrogen-bond acceptors (Lipinski definition) is 4. The van der Waals surface area contributed by atoms with Crippen LogP contribution in [0, 0.1) is 5.92 Å². The van der Waals surface area contributed by atoms with Crippen molar-refractivity contribution in [1.29, 1.82) is 0 Å². The highest BCUT2D eigenvalue weighted by molar-refractivity contribution is 7.11. The van der Waals surface area contributed by atoms with Gasteiger partial charge >= 0.3 is 0 Å². The van der Waals surface area contributed by atoms with Crippen LogP contribution in [-0.2, 0) is 17.8 Å². The number of halogens is 2. The first kappa shape index (κ1) is 20.9. The number of hydrogen-bond donors (Lipinski definition) is 1. The van der Waals surface area contributed by atoms with Gasteiger partial charge in [-0.25, -0.2) is 4.98 Å². The van der Waals surface area contributed by atoms with Gasteiger partial charge in [0.15, 0.2) is 0 Å². The summed E-state index contributed by atoms with van der Waals surface area (Å²) in [6, 6.07) is -0.418. The Morgan fingerprint density at radius 2 is 2.05 bits per heavy atom. The van der Waals surface area contributed by atoms with E-state index in [1.165, 1.54) is 0 Å². The molecule has 7 heteroatoms. The first-order valence-electron chi connectivity index (χ1n) is 5.89. The van der Waals surface area contributed by atoms with Crippen molar-refractivity contribution >= 4 is 42.1 Å². The van der Waals surface area contributed by atoms with Gasteiger partial charge in [-0.05, 0) is 12.3 Å². The number of nitrogens with zero attached hydrogens (tertiary/aromatic N) is 2. The molecule has 1 amide bonds. The highest BCUT2D eigenvalue weighted by Gasteiger charge is 2.21. The third kappa shape index (κ3) is 6.08. The Morgan fingerprint density at radius 1 is 1.47 bits per heavy atom. The molecule has 0 aliphatic carbocycles. The summed E-state index contributed by atoms with van der Waals surface area (Å²) in [5, 5.41) is 1.11. The number of aryl methyl sites for hydroxylation is 1. The molecule has 0 aliphatic heterocycles. The normalized spacial score (nSPS) is 11.5. The van der Waals surface area contributed by atoms with E-state index in [0.717, 1.165) is 16.3 Å². The van der Waals surface area contributed by atoms with E-state index in [4.69, 9.17) is 5.73 Å². The third-order valence-corrected chi connectivity index (χ3v) is 3.80. The molecule has 1 aromatic heterocycles. The van der Waals surface area contributed by atoms with Crippen LogP contribution < -0.4 is 5.73 Å². The average Bonchev–Trinajstić information content (AvgIpc) is 2.74. The molecule has 1 aromatic rings. The Balaban J connectivity index is 0. The Labute approximate surface area is 131 Å². The highest BCUT2D eigenvalue weighted by atomic mass is 35.5. The predicted octanol–water partition coefficient (Wildman–Crippen LogP) is 2.49. The number of amides is 1. The molecule has 0 saturated heterocycles. The minimum absolute atomic E-state index is 0. The number of aromatic nitrogens is 1. The van der Waals surface area contributed by atoms with E-state index in [2.05, 4.69) is 11.9 Å². The number of rotatable bonds is 5. The van der Waals surface area contributed by atoms with Crippen LogP contribution in [0.25, 0.3) is 0 Å². The summed E-state index contributed by atoms with van der Waals surface area (Å²) in [6.45, 7) is 6.58. The zero-order valence-electron chi connectivity index (χ0n) is 11.8. The van der Waals surface area contributed by atoms with Crippen molar-refractivity contribution in [2.75, 3.05) is 7.05 Å². The fourth-order valence-corrected chi connectivity index (χ4v) is 2.35. The predicted molar refractivity (Wildman–Crippen MR) is 85.3 cm³/mol. The van der Waals surface area contributed by atoms with E-state index in [-0.39, 0.29) is 36.6 Å². The van der Waals surface area contributed by atoms with Gasteiger partial charge in [0.05, 0.1) is 17.6 Å². The van der Waals surface area contributed by atoms with Gasteiger partial charge in [0.25, 0.3) is 0 Å². The van der Waals surface area contributed by atoms with Gasteiger partial charge in [-0.15, -0.1) is 36.2 Å². The summed E-state index contributed by atoms with van der Waals surface area (Å²) in [5.41, 5.74) is 5.84. The van der Waals surface area contributed by atoms with Crippen LogP contribution in [0.3, 0.4) is 0 Å². The lowest BCUT2D eigenvalue weighted by Gasteiger charge is -2.22. The van der Waals surface area contributed by atoms with E-state index < -0.39 is 6.04 Å². The lowest BCUT2D eigenvalue weighted by molar-refractivity contribution is -0.132. The molecular weight excluding hydrogens is 305 g/mol. The molecule has 1 rings (SSSR count). The monoisotopic (exact) mass is 327 g/mol.